The van der Waals surface area contributed by atoms with E-state index < -0.39 is 0 Å². The van der Waals surface area contributed by atoms with E-state index in [2.05, 4.69) is 66.7 Å². The summed E-state index contributed by atoms with van der Waals surface area (Å²) in [6, 6.07) is 14.6. The number of nitrogens with one attached hydrogen (secondary N) is 1. The summed E-state index contributed by atoms with van der Waals surface area (Å²) in [5.41, 5.74) is 3.45. The number of thiocarbonyl (C=S) groups is 1. The fourth-order valence-electron chi connectivity index (χ4n) is 2.88. The second kappa shape index (κ2) is 7.85. The van der Waals surface area contributed by atoms with Gasteiger partial charge in [-0.3, -0.25) is 0 Å². The van der Waals surface area contributed by atoms with Gasteiger partial charge in [0.05, 0.1) is 18.8 Å². The van der Waals surface area contributed by atoms with E-state index in [-0.39, 0.29) is 6.04 Å². The highest BCUT2D eigenvalue weighted by Crippen LogP contribution is 2.27. The molecule has 0 unspecified atom stereocenters. The summed E-state index contributed by atoms with van der Waals surface area (Å²) in [6.45, 7) is 6.99. The molecule has 0 saturated heterocycles. The lowest BCUT2D eigenvalue weighted by molar-refractivity contribution is 0.306. The molecule has 5 heteroatoms. The first-order valence-corrected chi connectivity index (χ1v) is 9.53. The molecule has 3 rings (SSSR count). The first-order valence-electron chi connectivity index (χ1n) is 8.24. The smallest absolute Gasteiger partial charge is 0.174 e. The van der Waals surface area contributed by atoms with E-state index in [0.717, 1.165) is 11.4 Å². The number of nitrogens with zero attached hydrogens (tertiary/aromatic N) is 1. The van der Waals surface area contributed by atoms with Crippen LogP contribution >= 0.6 is 23.6 Å². The van der Waals surface area contributed by atoms with Gasteiger partial charge in [-0.1, -0.05) is 12.1 Å². The van der Waals surface area contributed by atoms with Gasteiger partial charge >= 0.3 is 0 Å². The van der Waals surface area contributed by atoms with Gasteiger partial charge < -0.3 is 14.6 Å². The third-order valence-corrected chi connectivity index (χ3v) is 5.44. The van der Waals surface area contributed by atoms with Crippen molar-refractivity contribution in [3.05, 3.63) is 75.9 Å². The maximum Gasteiger partial charge on any atom is 0.174 e. The topological polar surface area (TPSA) is 28.4 Å². The van der Waals surface area contributed by atoms with Gasteiger partial charge in [-0.2, -0.15) is 0 Å². The van der Waals surface area contributed by atoms with Crippen LogP contribution in [0.15, 0.2) is 58.5 Å². The van der Waals surface area contributed by atoms with Crippen LogP contribution in [0.3, 0.4) is 0 Å². The summed E-state index contributed by atoms with van der Waals surface area (Å²) >= 11 is 7.49. The second-order valence-electron chi connectivity index (χ2n) is 6.21. The molecule has 1 N–H and O–H groups in total. The van der Waals surface area contributed by atoms with E-state index in [9.17, 15) is 0 Å². The van der Waals surface area contributed by atoms with E-state index in [4.69, 9.17) is 16.6 Å². The van der Waals surface area contributed by atoms with Gasteiger partial charge in [0.1, 0.15) is 5.76 Å². The van der Waals surface area contributed by atoms with Crippen LogP contribution < -0.4 is 5.32 Å². The molecule has 3 aromatic rings. The van der Waals surface area contributed by atoms with Crippen LogP contribution in [0.2, 0.25) is 0 Å². The van der Waals surface area contributed by atoms with Crippen LogP contribution in [0, 0.1) is 13.8 Å². The number of hydrogen-bond acceptors (Lipinski definition) is 3. The zero-order valence-electron chi connectivity index (χ0n) is 14.7. The minimum absolute atomic E-state index is 0.163. The number of hydrogen-bond donors (Lipinski definition) is 1. The van der Waals surface area contributed by atoms with Crippen LogP contribution in [-0.4, -0.2) is 10.0 Å². The summed E-state index contributed by atoms with van der Waals surface area (Å²) in [5.74, 6) is 0.896. The first kappa shape index (κ1) is 17.7. The summed E-state index contributed by atoms with van der Waals surface area (Å²) in [5, 5.41) is 6.19. The molecule has 0 amide bonds. The van der Waals surface area contributed by atoms with E-state index in [1.54, 1.807) is 17.6 Å². The van der Waals surface area contributed by atoms with E-state index in [1.807, 2.05) is 12.1 Å². The Kier molecular flexibility index (Phi) is 5.56. The standard InChI is InChI=1S/C20H22N2OS2/c1-14-10-15(2)12-17(11-14)21-20(24)22(13-18-6-4-8-23-18)16(3)19-7-5-9-25-19/h4-12,16H,13H2,1-3H3,(H,21,24)/t16-/m0/s1. The molecule has 1 atom stereocenters. The van der Waals surface area contributed by atoms with Gasteiger partial charge in [-0.25, -0.2) is 0 Å². The van der Waals surface area contributed by atoms with E-state index in [0.29, 0.717) is 11.7 Å². The van der Waals surface area contributed by atoms with E-state index in [1.165, 1.54) is 16.0 Å². The molecule has 0 spiro atoms. The molecule has 0 bridgehead atoms. The largest absolute Gasteiger partial charge is 0.467 e. The number of anilines is 1. The average Bonchev–Trinajstić information content (AvgIpc) is 3.24. The normalized spacial score (nSPS) is 12.0. The molecule has 0 aliphatic heterocycles. The summed E-state index contributed by atoms with van der Waals surface area (Å²) < 4.78 is 5.54. The molecular weight excluding hydrogens is 348 g/mol. The third-order valence-electron chi connectivity index (χ3n) is 4.06. The van der Waals surface area contributed by atoms with E-state index >= 15 is 0 Å². The molecule has 1 aromatic carbocycles. The number of rotatable bonds is 5. The number of furan rings is 1. The molecule has 2 heterocycles. The molecule has 25 heavy (non-hydrogen) atoms. The zero-order valence-corrected chi connectivity index (χ0v) is 16.3. The molecule has 0 fully saturated rings. The zero-order chi connectivity index (χ0) is 17.8. The second-order valence-corrected chi connectivity index (χ2v) is 7.57. The maximum atomic E-state index is 5.75. The number of aryl methyl sites for hydroxylation is 2. The maximum absolute atomic E-state index is 5.75. The Morgan fingerprint density at radius 2 is 1.96 bits per heavy atom. The minimum atomic E-state index is 0.163. The molecule has 3 nitrogen and oxygen atoms in total. The minimum Gasteiger partial charge on any atom is -0.467 e. The summed E-state index contributed by atoms with van der Waals surface area (Å²) in [7, 11) is 0. The Bertz CT molecular complexity index is 805. The highest BCUT2D eigenvalue weighted by atomic mass is 32.1. The molecular formula is C20H22N2OS2. The Labute approximate surface area is 158 Å². The van der Waals surface area contributed by atoms with Gasteiger partial charge in [-0.15, -0.1) is 11.3 Å². The van der Waals surface area contributed by atoms with Crippen LogP contribution in [0.1, 0.15) is 34.7 Å². The fourth-order valence-corrected chi connectivity index (χ4v) is 4.02. The predicted molar refractivity (Wildman–Crippen MR) is 109 cm³/mol. The summed E-state index contributed by atoms with van der Waals surface area (Å²) in [6.07, 6.45) is 1.70. The monoisotopic (exact) mass is 370 g/mol. The van der Waals surface area contributed by atoms with Crippen molar-refractivity contribution >= 4 is 34.4 Å². The lowest BCUT2D eigenvalue weighted by Crippen LogP contribution is -2.36. The first-order chi connectivity index (χ1) is 12.0. The SMILES string of the molecule is Cc1cc(C)cc(NC(=S)N(Cc2ccco2)[C@@H](C)c2cccs2)c1. The molecule has 0 radical (unpaired) electrons. The highest BCUT2D eigenvalue weighted by Gasteiger charge is 2.21. The van der Waals surface area contributed by atoms with Crippen LogP contribution in [0.4, 0.5) is 5.69 Å². The number of benzene rings is 1. The Morgan fingerprint density at radius 3 is 2.56 bits per heavy atom. The highest BCUT2D eigenvalue weighted by molar-refractivity contribution is 7.80. The molecule has 2 aromatic heterocycles. The fraction of sp³-hybridized carbons (Fsp3) is 0.250. The summed E-state index contributed by atoms with van der Waals surface area (Å²) in [4.78, 5) is 3.44. The molecule has 0 aliphatic rings. The van der Waals surface area contributed by atoms with Crippen molar-refractivity contribution in [1.82, 2.24) is 4.90 Å². The van der Waals surface area contributed by atoms with Crippen molar-refractivity contribution in [3.63, 3.8) is 0 Å². The van der Waals surface area contributed by atoms with Crippen LogP contribution in [0.25, 0.3) is 0 Å². The van der Waals surface area contributed by atoms with Crippen molar-refractivity contribution < 1.29 is 4.42 Å². The van der Waals surface area contributed by atoms with Gasteiger partial charge in [0.15, 0.2) is 5.11 Å². The van der Waals surface area contributed by atoms with Gasteiger partial charge in [0, 0.05) is 10.6 Å². The van der Waals surface area contributed by atoms with Crippen molar-refractivity contribution in [2.24, 2.45) is 0 Å². The Hall–Kier alpha value is -2.11. The lowest BCUT2D eigenvalue weighted by atomic mass is 10.1. The molecule has 0 aliphatic carbocycles. The lowest BCUT2D eigenvalue weighted by Gasteiger charge is -2.30. The van der Waals surface area contributed by atoms with Crippen molar-refractivity contribution in [2.45, 2.75) is 33.4 Å². The van der Waals surface area contributed by atoms with Crippen molar-refractivity contribution in [3.8, 4) is 0 Å². The average molecular weight is 371 g/mol. The van der Waals surface area contributed by atoms with Gasteiger partial charge in [0.25, 0.3) is 0 Å². The number of thiophene rings is 1. The van der Waals surface area contributed by atoms with Gasteiger partial charge in [0.2, 0.25) is 0 Å². The third kappa shape index (κ3) is 4.50. The quantitative estimate of drug-likeness (QED) is 0.565. The molecule has 130 valence electrons. The van der Waals surface area contributed by atoms with Gasteiger partial charge in [-0.05, 0) is 79.8 Å². The molecule has 0 saturated carbocycles. The Morgan fingerprint density at radius 1 is 1.20 bits per heavy atom. The van der Waals surface area contributed by atoms with Crippen molar-refractivity contribution in [2.75, 3.05) is 5.32 Å². The van der Waals surface area contributed by atoms with Crippen LogP contribution in [0.5, 0.6) is 0 Å². The van der Waals surface area contributed by atoms with Crippen LogP contribution in [-0.2, 0) is 6.54 Å². The Balaban J connectivity index is 1.83. The predicted octanol–water partition coefficient (Wildman–Crippen LogP) is 5.92. The van der Waals surface area contributed by atoms with Crippen molar-refractivity contribution in [1.29, 1.82) is 0 Å².